The molecule has 37 heavy (non-hydrogen) atoms. The fourth-order valence-electron chi connectivity index (χ4n) is 4.57. The minimum absolute atomic E-state index is 0.0357. The molecule has 12 heteroatoms. The maximum absolute atomic E-state index is 13.4. The lowest BCUT2D eigenvalue weighted by molar-refractivity contribution is 0.0992. The fourth-order valence-corrected chi connectivity index (χ4v) is 5.64. The lowest BCUT2D eigenvalue weighted by Crippen LogP contribution is -2.32. The average molecular weight is 535 g/mol. The van der Waals surface area contributed by atoms with Gasteiger partial charge in [-0.2, -0.15) is 5.10 Å². The molecular weight excluding hydrogens is 496 g/mol. The van der Waals surface area contributed by atoms with Gasteiger partial charge in [-0.05, 0) is 63.9 Å². The number of anilines is 1. The Balaban J connectivity index is 1.89. The van der Waals surface area contributed by atoms with E-state index < -0.39 is 21.8 Å². The number of hydrogen-bond donors (Lipinski definition) is 3. The van der Waals surface area contributed by atoms with Crippen LogP contribution in [0.15, 0.2) is 23.1 Å². The highest BCUT2D eigenvalue weighted by molar-refractivity contribution is 7.89. The molecule has 0 saturated carbocycles. The normalized spacial score (nSPS) is 16.2. The number of nitrogens with zero attached hydrogens (tertiary/aromatic N) is 3. The van der Waals surface area contributed by atoms with Crippen molar-refractivity contribution in [1.29, 1.82) is 0 Å². The van der Waals surface area contributed by atoms with E-state index in [0.29, 0.717) is 44.1 Å². The van der Waals surface area contributed by atoms with Crippen LogP contribution in [0.1, 0.15) is 72.5 Å². The first kappa shape index (κ1) is 28.6. The zero-order valence-electron chi connectivity index (χ0n) is 22.0. The second-order valence-electron chi connectivity index (χ2n) is 9.33. The monoisotopic (exact) mass is 534 g/mol. The van der Waals surface area contributed by atoms with Crippen molar-refractivity contribution in [2.24, 2.45) is 12.8 Å². The van der Waals surface area contributed by atoms with Crippen molar-refractivity contribution in [2.75, 3.05) is 32.1 Å². The number of amides is 2. The molecule has 1 atom stereocenters. The standard InChI is InChI=1S/C25H38N6O5S/c1-5-8-20-22(23(24(26)32)31(4)29-20)28-25(33)19-16-18(10-11-21(19)36-15-6-2)37(34,35)27-13-12-17-9-7-14-30(17)3/h10-11,16-17,27H,5-9,12-15H2,1-4H3,(H2,26,32)(H,28,33). The molecule has 0 radical (unpaired) electrons. The lowest BCUT2D eigenvalue weighted by atomic mass is 10.1. The minimum atomic E-state index is -3.86. The van der Waals surface area contributed by atoms with E-state index in [1.54, 1.807) is 7.05 Å². The van der Waals surface area contributed by atoms with Gasteiger partial charge in [0.2, 0.25) is 10.0 Å². The molecule has 2 heterocycles. The van der Waals surface area contributed by atoms with Gasteiger partial charge in [0.25, 0.3) is 11.8 Å². The summed E-state index contributed by atoms with van der Waals surface area (Å²) in [4.78, 5) is 27.7. The van der Waals surface area contributed by atoms with Crippen LogP contribution in [0.4, 0.5) is 5.69 Å². The SMILES string of the molecule is CCCOc1ccc(S(=O)(=O)NCCC2CCCN2C)cc1C(=O)Nc1c(CCC)nn(C)c1C(N)=O. The summed E-state index contributed by atoms with van der Waals surface area (Å²) in [6.07, 6.45) is 4.82. The third-order valence-corrected chi connectivity index (χ3v) is 7.95. The summed E-state index contributed by atoms with van der Waals surface area (Å²) in [5, 5.41) is 7.07. The van der Waals surface area contributed by atoms with E-state index >= 15 is 0 Å². The van der Waals surface area contributed by atoms with Crippen LogP contribution in [0.5, 0.6) is 5.75 Å². The van der Waals surface area contributed by atoms with E-state index in [9.17, 15) is 18.0 Å². The average Bonchev–Trinajstić information content (AvgIpc) is 3.39. The molecule has 2 amide bonds. The molecule has 0 bridgehead atoms. The van der Waals surface area contributed by atoms with Crippen molar-refractivity contribution in [3.8, 4) is 5.75 Å². The van der Waals surface area contributed by atoms with E-state index in [2.05, 4.69) is 20.0 Å². The molecule has 0 spiro atoms. The summed E-state index contributed by atoms with van der Waals surface area (Å²) in [7, 11) is -0.243. The van der Waals surface area contributed by atoms with Crippen molar-refractivity contribution in [3.63, 3.8) is 0 Å². The molecule has 1 saturated heterocycles. The third kappa shape index (κ3) is 6.88. The first-order valence-electron chi connectivity index (χ1n) is 12.7. The van der Waals surface area contributed by atoms with Crippen LogP contribution in [0.3, 0.4) is 0 Å². The number of hydrogen-bond acceptors (Lipinski definition) is 7. The Bertz CT molecular complexity index is 1230. The van der Waals surface area contributed by atoms with Gasteiger partial charge in [0.15, 0.2) is 0 Å². The predicted octanol–water partition coefficient (Wildman–Crippen LogP) is 2.28. The number of likely N-dealkylation sites (tertiary alicyclic amines) is 1. The van der Waals surface area contributed by atoms with Crippen LogP contribution in [-0.2, 0) is 23.5 Å². The van der Waals surface area contributed by atoms with E-state index in [0.717, 1.165) is 25.8 Å². The van der Waals surface area contributed by atoms with Crippen molar-refractivity contribution < 1.29 is 22.7 Å². The smallest absolute Gasteiger partial charge is 0.269 e. The molecule has 2 aromatic rings. The second-order valence-corrected chi connectivity index (χ2v) is 11.1. The number of benzene rings is 1. The van der Waals surface area contributed by atoms with Gasteiger partial charge in [-0.15, -0.1) is 0 Å². The Kier molecular flexibility index (Phi) is 9.68. The number of carbonyl (C=O) groups is 2. The molecule has 1 aromatic carbocycles. The number of ether oxygens (including phenoxy) is 1. The van der Waals surface area contributed by atoms with Crippen LogP contribution in [-0.4, -0.2) is 67.7 Å². The van der Waals surface area contributed by atoms with Crippen molar-refractivity contribution >= 4 is 27.5 Å². The number of primary amides is 1. The topological polar surface area (TPSA) is 149 Å². The van der Waals surface area contributed by atoms with E-state index in [-0.39, 0.29) is 27.6 Å². The number of nitrogens with two attached hydrogens (primary N) is 1. The second kappa shape index (κ2) is 12.5. The Morgan fingerprint density at radius 2 is 1.97 bits per heavy atom. The van der Waals surface area contributed by atoms with Gasteiger partial charge >= 0.3 is 0 Å². The molecule has 1 fully saturated rings. The first-order chi connectivity index (χ1) is 17.6. The summed E-state index contributed by atoms with van der Waals surface area (Å²) in [5.41, 5.74) is 6.39. The summed E-state index contributed by atoms with van der Waals surface area (Å²) >= 11 is 0. The van der Waals surface area contributed by atoms with E-state index in [4.69, 9.17) is 10.5 Å². The predicted molar refractivity (Wildman–Crippen MR) is 141 cm³/mol. The molecule has 1 aliphatic heterocycles. The van der Waals surface area contributed by atoms with Gasteiger partial charge in [-0.1, -0.05) is 20.3 Å². The largest absolute Gasteiger partial charge is 0.493 e. The van der Waals surface area contributed by atoms with Gasteiger partial charge in [0.05, 0.1) is 28.4 Å². The quantitative estimate of drug-likeness (QED) is 0.357. The number of carbonyl (C=O) groups excluding carboxylic acids is 2. The number of aryl methyl sites for hydroxylation is 2. The van der Waals surface area contributed by atoms with Gasteiger partial charge in [0, 0.05) is 19.6 Å². The van der Waals surface area contributed by atoms with E-state index in [1.165, 1.54) is 22.9 Å². The molecule has 0 aliphatic carbocycles. The van der Waals surface area contributed by atoms with Gasteiger partial charge in [0.1, 0.15) is 11.4 Å². The number of aromatic nitrogens is 2. The van der Waals surface area contributed by atoms with Crippen LogP contribution < -0.4 is 20.5 Å². The van der Waals surface area contributed by atoms with Crippen molar-refractivity contribution in [2.45, 2.75) is 63.3 Å². The molecule has 1 aliphatic rings. The maximum Gasteiger partial charge on any atom is 0.269 e. The highest BCUT2D eigenvalue weighted by Crippen LogP contribution is 2.27. The highest BCUT2D eigenvalue weighted by Gasteiger charge is 2.26. The summed E-state index contributed by atoms with van der Waals surface area (Å²) in [5.74, 6) is -1.11. The molecule has 4 N–H and O–H groups in total. The van der Waals surface area contributed by atoms with E-state index in [1.807, 2.05) is 20.9 Å². The minimum Gasteiger partial charge on any atom is -0.493 e. The zero-order chi connectivity index (χ0) is 27.2. The molecule has 204 valence electrons. The number of nitrogens with one attached hydrogen (secondary N) is 2. The maximum atomic E-state index is 13.4. The fraction of sp³-hybridized carbons (Fsp3) is 0.560. The first-order valence-corrected chi connectivity index (χ1v) is 14.2. The summed E-state index contributed by atoms with van der Waals surface area (Å²) in [6.45, 7) is 5.54. The number of rotatable bonds is 13. The van der Waals surface area contributed by atoms with Crippen molar-refractivity contribution in [1.82, 2.24) is 19.4 Å². The van der Waals surface area contributed by atoms with Gasteiger partial charge in [-0.3, -0.25) is 14.3 Å². The van der Waals surface area contributed by atoms with Crippen LogP contribution in [0.2, 0.25) is 0 Å². The molecule has 11 nitrogen and oxygen atoms in total. The molecule has 1 aromatic heterocycles. The summed E-state index contributed by atoms with van der Waals surface area (Å²) in [6, 6.07) is 4.55. The van der Waals surface area contributed by atoms with Crippen LogP contribution in [0, 0.1) is 0 Å². The van der Waals surface area contributed by atoms with Crippen LogP contribution >= 0.6 is 0 Å². The van der Waals surface area contributed by atoms with Crippen LogP contribution in [0.25, 0.3) is 0 Å². The molecule has 3 rings (SSSR count). The molecule has 1 unspecified atom stereocenters. The lowest BCUT2D eigenvalue weighted by Gasteiger charge is -2.19. The third-order valence-electron chi connectivity index (χ3n) is 6.49. The Labute approximate surface area is 218 Å². The van der Waals surface area contributed by atoms with Gasteiger partial charge < -0.3 is 20.7 Å². The van der Waals surface area contributed by atoms with Gasteiger partial charge in [-0.25, -0.2) is 13.1 Å². The number of sulfonamides is 1. The Morgan fingerprint density at radius 1 is 1.22 bits per heavy atom. The highest BCUT2D eigenvalue weighted by atomic mass is 32.2. The summed E-state index contributed by atoms with van der Waals surface area (Å²) < 4.78 is 35.9. The van der Waals surface area contributed by atoms with Crippen molar-refractivity contribution in [3.05, 3.63) is 35.2 Å². The zero-order valence-corrected chi connectivity index (χ0v) is 22.9. The Hall–Kier alpha value is -2.96. The Morgan fingerprint density at radius 3 is 2.59 bits per heavy atom. The molecular formula is C25H38N6O5S.